The fourth-order valence-corrected chi connectivity index (χ4v) is 3.66. The number of fused-ring (bicyclic) bond motifs is 1. The van der Waals surface area contributed by atoms with Crippen molar-refractivity contribution >= 4 is 22.6 Å². The molecule has 1 aliphatic carbocycles. The Morgan fingerprint density at radius 3 is 2.67 bits per heavy atom. The molecule has 1 N–H and O–H groups in total. The number of ether oxygens (including phenoxy) is 1. The van der Waals surface area contributed by atoms with Gasteiger partial charge in [-0.25, -0.2) is 9.97 Å². The minimum absolute atomic E-state index is 0.0211. The fraction of sp³-hybridized carbons (Fsp3) is 0.400. The maximum atomic E-state index is 12.6. The van der Waals surface area contributed by atoms with E-state index in [1.54, 1.807) is 19.6 Å². The Morgan fingerprint density at radius 2 is 1.96 bits per heavy atom. The van der Waals surface area contributed by atoms with Crippen LogP contribution in [0, 0.1) is 5.92 Å². The summed E-state index contributed by atoms with van der Waals surface area (Å²) in [6.45, 7) is 0. The second-order valence-corrected chi connectivity index (χ2v) is 7.07. The summed E-state index contributed by atoms with van der Waals surface area (Å²) in [5.74, 6) is 0.616. The van der Waals surface area contributed by atoms with Crippen molar-refractivity contribution in [3.63, 3.8) is 0 Å². The smallest absolute Gasteiger partial charge is 0.228 e. The molecular formula is C20H23N5O2. The Bertz CT molecular complexity index is 960. The Balaban J connectivity index is 1.52. The molecule has 7 nitrogen and oxygen atoms in total. The van der Waals surface area contributed by atoms with Gasteiger partial charge < -0.3 is 14.6 Å². The molecule has 0 radical (unpaired) electrons. The molecule has 0 atom stereocenters. The van der Waals surface area contributed by atoms with Gasteiger partial charge in [0.25, 0.3) is 0 Å². The van der Waals surface area contributed by atoms with Gasteiger partial charge in [-0.05, 0) is 37.8 Å². The van der Waals surface area contributed by atoms with Crippen molar-refractivity contribution < 1.29 is 9.53 Å². The SMILES string of the molecule is CO[C@H]1CC[C@H](C(=O)Nc2cc3cc(-c4cncn4C)cnc3cn2)CC1. The normalized spacial score (nSPS) is 19.9. The maximum Gasteiger partial charge on any atom is 0.228 e. The average molecular weight is 365 g/mol. The zero-order chi connectivity index (χ0) is 18.8. The number of imidazole rings is 1. The van der Waals surface area contributed by atoms with E-state index in [4.69, 9.17) is 4.74 Å². The molecule has 0 aromatic carbocycles. The molecule has 1 fully saturated rings. The second kappa shape index (κ2) is 7.44. The van der Waals surface area contributed by atoms with Gasteiger partial charge in [0.15, 0.2) is 0 Å². The molecule has 7 heteroatoms. The molecule has 1 aliphatic rings. The van der Waals surface area contributed by atoms with Crippen LogP contribution in [-0.2, 0) is 16.6 Å². The highest BCUT2D eigenvalue weighted by Gasteiger charge is 2.26. The molecule has 140 valence electrons. The van der Waals surface area contributed by atoms with Crippen molar-refractivity contribution in [2.45, 2.75) is 31.8 Å². The van der Waals surface area contributed by atoms with Crippen LogP contribution in [0.1, 0.15) is 25.7 Å². The van der Waals surface area contributed by atoms with Crippen molar-refractivity contribution in [1.82, 2.24) is 19.5 Å². The minimum Gasteiger partial charge on any atom is -0.381 e. The molecule has 0 bridgehead atoms. The van der Waals surface area contributed by atoms with Crippen molar-refractivity contribution in [3.05, 3.63) is 37.1 Å². The summed E-state index contributed by atoms with van der Waals surface area (Å²) in [5, 5.41) is 3.90. The number of aromatic nitrogens is 4. The average Bonchev–Trinajstić information content (AvgIpc) is 3.13. The maximum absolute atomic E-state index is 12.6. The first-order valence-electron chi connectivity index (χ1n) is 9.20. The molecule has 0 saturated heterocycles. The number of methoxy groups -OCH3 is 1. The van der Waals surface area contributed by atoms with E-state index >= 15 is 0 Å². The van der Waals surface area contributed by atoms with Crippen LogP contribution in [0.3, 0.4) is 0 Å². The van der Waals surface area contributed by atoms with Crippen LogP contribution in [0.2, 0.25) is 0 Å². The van der Waals surface area contributed by atoms with Gasteiger partial charge in [-0.3, -0.25) is 9.78 Å². The van der Waals surface area contributed by atoms with E-state index in [9.17, 15) is 4.79 Å². The zero-order valence-corrected chi connectivity index (χ0v) is 15.6. The van der Waals surface area contributed by atoms with Crippen LogP contribution in [0.5, 0.6) is 0 Å². The van der Waals surface area contributed by atoms with Crippen molar-refractivity contribution in [1.29, 1.82) is 0 Å². The number of pyridine rings is 2. The minimum atomic E-state index is 0.0211. The van der Waals surface area contributed by atoms with Gasteiger partial charge in [-0.1, -0.05) is 0 Å². The second-order valence-electron chi connectivity index (χ2n) is 7.07. The number of aryl methyl sites for hydroxylation is 1. The molecule has 1 saturated carbocycles. The number of amides is 1. The first kappa shape index (κ1) is 17.6. The fourth-order valence-electron chi connectivity index (χ4n) is 3.66. The summed E-state index contributed by atoms with van der Waals surface area (Å²) < 4.78 is 7.33. The standard InChI is InChI=1S/C20H23N5O2/c1-25-12-21-11-18(25)15-7-14-8-19(23-10-17(14)22-9-15)24-20(26)13-3-5-16(27-2)6-4-13/h7-13,16H,3-6H2,1-2H3,(H,23,24,26)/t13-,16-. The number of carbonyl (C=O) groups excluding carboxylic acids is 1. The molecule has 1 amide bonds. The Morgan fingerprint density at radius 1 is 1.15 bits per heavy atom. The molecule has 27 heavy (non-hydrogen) atoms. The number of hydrogen-bond donors (Lipinski definition) is 1. The number of nitrogens with one attached hydrogen (secondary N) is 1. The van der Waals surface area contributed by atoms with Gasteiger partial charge in [-0.15, -0.1) is 0 Å². The van der Waals surface area contributed by atoms with Crippen LogP contribution in [-0.4, -0.2) is 38.6 Å². The predicted molar refractivity (Wildman–Crippen MR) is 103 cm³/mol. The van der Waals surface area contributed by atoms with Crippen LogP contribution < -0.4 is 5.32 Å². The number of anilines is 1. The van der Waals surface area contributed by atoms with E-state index in [-0.39, 0.29) is 17.9 Å². The van der Waals surface area contributed by atoms with E-state index in [1.807, 2.05) is 36.1 Å². The van der Waals surface area contributed by atoms with E-state index in [0.717, 1.165) is 47.8 Å². The van der Waals surface area contributed by atoms with Gasteiger partial charge >= 0.3 is 0 Å². The topological polar surface area (TPSA) is 81.9 Å². The lowest BCUT2D eigenvalue weighted by Gasteiger charge is -2.26. The third-order valence-corrected chi connectivity index (χ3v) is 5.31. The van der Waals surface area contributed by atoms with E-state index in [1.165, 1.54) is 0 Å². The third-order valence-electron chi connectivity index (χ3n) is 5.31. The monoisotopic (exact) mass is 365 g/mol. The van der Waals surface area contributed by atoms with Gasteiger partial charge in [0, 0.05) is 37.2 Å². The zero-order valence-electron chi connectivity index (χ0n) is 15.6. The number of carbonyl (C=O) groups is 1. The summed E-state index contributed by atoms with van der Waals surface area (Å²) in [7, 11) is 3.68. The lowest BCUT2D eigenvalue weighted by Crippen LogP contribution is -2.29. The molecule has 0 spiro atoms. The highest BCUT2D eigenvalue weighted by molar-refractivity contribution is 5.94. The van der Waals surface area contributed by atoms with E-state index < -0.39 is 0 Å². The predicted octanol–water partition coefficient (Wildman–Crippen LogP) is 3.17. The van der Waals surface area contributed by atoms with Crippen LogP contribution >= 0.6 is 0 Å². The Labute approximate surface area is 157 Å². The first-order chi connectivity index (χ1) is 13.1. The van der Waals surface area contributed by atoms with Crippen LogP contribution in [0.4, 0.5) is 5.82 Å². The molecular weight excluding hydrogens is 342 g/mol. The largest absolute Gasteiger partial charge is 0.381 e. The summed E-state index contributed by atoms with van der Waals surface area (Å²) in [6.07, 6.45) is 10.9. The third kappa shape index (κ3) is 3.68. The van der Waals surface area contributed by atoms with Gasteiger partial charge in [-0.2, -0.15) is 0 Å². The Hall–Kier alpha value is -2.80. The lowest BCUT2D eigenvalue weighted by molar-refractivity contribution is -0.121. The summed E-state index contributed by atoms with van der Waals surface area (Å²) >= 11 is 0. The summed E-state index contributed by atoms with van der Waals surface area (Å²) in [6, 6.07) is 3.92. The number of hydrogen-bond acceptors (Lipinski definition) is 5. The van der Waals surface area contributed by atoms with Crippen molar-refractivity contribution in [2.75, 3.05) is 12.4 Å². The van der Waals surface area contributed by atoms with Gasteiger partial charge in [0.05, 0.1) is 36.0 Å². The molecule has 3 heterocycles. The van der Waals surface area contributed by atoms with Crippen molar-refractivity contribution in [3.8, 4) is 11.3 Å². The lowest BCUT2D eigenvalue weighted by atomic mass is 9.87. The number of nitrogens with zero attached hydrogens (tertiary/aromatic N) is 4. The molecule has 0 unspecified atom stereocenters. The molecule has 0 aliphatic heterocycles. The van der Waals surface area contributed by atoms with Crippen LogP contribution in [0.25, 0.3) is 22.2 Å². The van der Waals surface area contributed by atoms with Crippen LogP contribution in [0.15, 0.2) is 37.1 Å². The summed E-state index contributed by atoms with van der Waals surface area (Å²) in [5.41, 5.74) is 2.75. The molecule has 3 aromatic heterocycles. The highest BCUT2D eigenvalue weighted by atomic mass is 16.5. The first-order valence-corrected chi connectivity index (χ1v) is 9.20. The Kier molecular flexibility index (Phi) is 4.85. The van der Waals surface area contributed by atoms with Gasteiger partial charge in [0.1, 0.15) is 5.82 Å². The van der Waals surface area contributed by atoms with Crippen molar-refractivity contribution in [2.24, 2.45) is 13.0 Å². The van der Waals surface area contributed by atoms with Gasteiger partial charge in [0.2, 0.25) is 5.91 Å². The highest BCUT2D eigenvalue weighted by Crippen LogP contribution is 2.27. The summed E-state index contributed by atoms with van der Waals surface area (Å²) in [4.78, 5) is 25.6. The molecule has 3 aromatic rings. The quantitative estimate of drug-likeness (QED) is 0.768. The number of rotatable bonds is 4. The van der Waals surface area contributed by atoms with E-state index in [2.05, 4.69) is 20.3 Å². The molecule has 4 rings (SSSR count). The van der Waals surface area contributed by atoms with E-state index in [0.29, 0.717) is 5.82 Å².